The highest BCUT2D eigenvalue weighted by Gasteiger charge is 2.24. The van der Waals surface area contributed by atoms with E-state index in [-0.39, 0.29) is 12.1 Å². The zero-order chi connectivity index (χ0) is 10.7. The Bertz CT molecular complexity index is 327. The summed E-state index contributed by atoms with van der Waals surface area (Å²) in [5.74, 6) is 0. The van der Waals surface area contributed by atoms with E-state index in [2.05, 4.69) is 17.2 Å². The third-order valence-corrected chi connectivity index (χ3v) is 3.18. The fourth-order valence-electron chi connectivity index (χ4n) is 2.10. The molecule has 1 heterocycles. The first-order valence-corrected chi connectivity index (χ1v) is 5.58. The van der Waals surface area contributed by atoms with E-state index in [0.29, 0.717) is 0 Å². The molecule has 0 amide bonds. The highest BCUT2D eigenvalue weighted by Crippen LogP contribution is 2.19. The molecule has 2 atom stereocenters. The van der Waals surface area contributed by atoms with Crippen molar-refractivity contribution in [1.29, 1.82) is 0 Å². The second kappa shape index (κ2) is 4.73. The number of aromatic nitrogens is 1. The molecular formula is C12H18N2O. The molecule has 1 fully saturated rings. The van der Waals surface area contributed by atoms with Crippen LogP contribution in [0.25, 0.3) is 0 Å². The van der Waals surface area contributed by atoms with Crippen LogP contribution in [0.2, 0.25) is 0 Å². The number of rotatable bonds is 3. The van der Waals surface area contributed by atoms with Gasteiger partial charge in [-0.15, -0.1) is 0 Å². The van der Waals surface area contributed by atoms with Gasteiger partial charge in [-0.1, -0.05) is 0 Å². The van der Waals surface area contributed by atoms with Crippen molar-refractivity contribution < 1.29 is 5.11 Å². The quantitative estimate of drug-likeness (QED) is 0.785. The van der Waals surface area contributed by atoms with E-state index in [1.807, 2.05) is 18.5 Å². The van der Waals surface area contributed by atoms with Crippen LogP contribution in [0.4, 0.5) is 0 Å². The van der Waals surface area contributed by atoms with Gasteiger partial charge in [-0.2, -0.15) is 0 Å². The fourth-order valence-corrected chi connectivity index (χ4v) is 2.10. The van der Waals surface area contributed by atoms with Crippen molar-refractivity contribution in [2.75, 3.05) is 0 Å². The van der Waals surface area contributed by atoms with Gasteiger partial charge in [0, 0.05) is 25.0 Å². The van der Waals surface area contributed by atoms with Gasteiger partial charge in [-0.3, -0.25) is 4.98 Å². The van der Waals surface area contributed by atoms with Gasteiger partial charge in [0.2, 0.25) is 0 Å². The first-order valence-electron chi connectivity index (χ1n) is 5.58. The van der Waals surface area contributed by atoms with Crippen molar-refractivity contribution in [2.24, 2.45) is 0 Å². The first-order chi connectivity index (χ1) is 7.27. The van der Waals surface area contributed by atoms with Gasteiger partial charge in [-0.05, 0) is 43.4 Å². The van der Waals surface area contributed by atoms with Gasteiger partial charge >= 0.3 is 0 Å². The van der Waals surface area contributed by atoms with Gasteiger partial charge < -0.3 is 10.4 Å². The third-order valence-electron chi connectivity index (χ3n) is 3.18. The summed E-state index contributed by atoms with van der Waals surface area (Å²) in [5, 5.41) is 13.1. The summed E-state index contributed by atoms with van der Waals surface area (Å²) in [6, 6.07) is 2.28. The predicted octanol–water partition coefficient (Wildman–Crippen LogP) is 1.39. The van der Waals surface area contributed by atoms with Crippen molar-refractivity contribution >= 4 is 0 Å². The Kier molecular flexibility index (Phi) is 3.34. The van der Waals surface area contributed by atoms with Crippen LogP contribution in [-0.2, 0) is 6.54 Å². The molecule has 15 heavy (non-hydrogen) atoms. The second-order valence-corrected chi connectivity index (χ2v) is 4.29. The molecule has 0 bridgehead atoms. The van der Waals surface area contributed by atoms with E-state index >= 15 is 0 Å². The molecule has 2 N–H and O–H groups in total. The summed E-state index contributed by atoms with van der Waals surface area (Å²) in [5.41, 5.74) is 2.47. The molecule has 1 aliphatic carbocycles. The van der Waals surface area contributed by atoms with Crippen LogP contribution in [0.5, 0.6) is 0 Å². The Morgan fingerprint density at radius 2 is 2.40 bits per heavy atom. The predicted molar refractivity (Wildman–Crippen MR) is 59.5 cm³/mol. The highest BCUT2D eigenvalue weighted by molar-refractivity contribution is 5.21. The van der Waals surface area contributed by atoms with Gasteiger partial charge in [0.1, 0.15) is 0 Å². The molecule has 2 unspecified atom stereocenters. The normalized spacial score (nSPS) is 25.7. The van der Waals surface area contributed by atoms with E-state index in [9.17, 15) is 5.11 Å². The number of aliphatic hydroxyl groups excluding tert-OH is 1. The maximum absolute atomic E-state index is 9.66. The average Bonchev–Trinajstić information content (AvgIpc) is 2.63. The van der Waals surface area contributed by atoms with E-state index in [4.69, 9.17) is 0 Å². The van der Waals surface area contributed by atoms with E-state index in [1.165, 1.54) is 11.1 Å². The molecule has 0 aromatic carbocycles. The van der Waals surface area contributed by atoms with Crippen LogP contribution in [0.1, 0.15) is 30.4 Å². The summed E-state index contributed by atoms with van der Waals surface area (Å²) >= 11 is 0. The molecular weight excluding hydrogens is 188 g/mol. The molecule has 2 rings (SSSR count). The Morgan fingerprint density at radius 3 is 3.07 bits per heavy atom. The minimum absolute atomic E-state index is 0.165. The second-order valence-electron chi connectivity index (χ2n) is 4.29. The summed E-state index contributed by atoms with van der Waals surface area (Å²) < 4.78 is 0. The lowest BCUT2D eigenvalue weighted by atomic mass is 10.1. The minimum atomic E-state index is -0.165. The zero-order valence-corrected chi connectivity index (χ0v) is 9.11. The van der Waals surface area contributed by atoms with Crippen LogP contribution in [0.15, 0.2) is 18.5 Å². The van der Waals surface area contributed by atoms with Crippen LogP contribution >= 0.6 is 0 Å². The summed E-state index contributed by atoms with van der Waals surface area (Å²) in [4.78, 5) is 4.11. The van der Waals surface area contributed by atoms with Crippen LogP contribution in [-0.4, -0.2) is 22.2 Å². The molecule has 3 nitrogen and oxygen atoms in total. The van der Waals surface area contributed by atoms with Crippen molar-refractivity contribution in [3.63, 3.8) is 0 Å². The Balaban J connectivity index is 1.90. The van der Waals surface area contributed by atoms with E-state index in [0.717, 1.165) is 25.8 Å². The topological polar surface area (TPSA) is 45.2 Å². The first kappa shape index (κ1) is 10.6. The number of aliphatic hydroxyl groups is 1. The van der Waals surface area contributed by atoms with Crippen molar-refractivity contribution in [3.8, 4) is 0 Å². The maximum Gasteiger partial charge on any atom is 0.0693 e. The largest absolute Gasteiger partial charge is 0.392 e. The van der Waals surface area contributed by atoms with Crippen molar-refractivity contribution in [2.45, 2.75) is 44.9 Å². The van der Waals surface area contributed by atoms with Gasteiger partial charge in [0.05, 0.1) is 6.10 Å². The smallest absolute Gasteiger partial charge is 0.0693 e. The molecule has 1 aliphatic rings. The highest BCUT2D eigenvalue weighted by atomic mass is 16.3. The molecule has 82 valence electrons. The fraction of sp³-hybridized carbons (Fsp3) is 0.583. The van der Waals surface area contributed by atoms with Gasteiger partial charge in [0.25, 0.3) is 0 Å². The van der Waals surface area contributed by atoms with Gasteiger partial charge in [-0.25, -0.2) is 0 Å². The number of hydrogen-bond donors (Lipinski definition) is 2. The third kappa shape index (κ3) is 2.55. The Hall–Kier alpha value is -0.930. The monoisotopic (exact) mass is 206 g/mol. The average molecular weight is 206 g/mol. The van der Waals surface area contributed by atoms with E-state index < -0.39 is 0 Å². The molecule has 1 aromatic heterocycles. The van der Waals surface area contributed by atoms with Crippen molar-refractivity contribution in [1.82, 2.24) is 10.3 Å². The summed E-state index contributed by atoms with van der Waals surface area (Å²) in [6.07, 6.45) is 6.68. The Morgan fingerprint density at radius 1 is 1.53 bits per heavy atom. The number of nitrogens with one attached hydrogen (secondary N) is 1. The summed E-state index contributed by atoms with van der Waals surface area (Å²) in [7, 11) is 0. The van der Waals surface area contributed by atoms with Gasteiger partial charge in [0.15, 0.2) is 0 Å². The summed E-state index contributed by atoms with van der Waals surface area (Å²) in [6.45, 7) is 2.89. The van der Waals surface area contributed by atoms with E-state index in [1.54, 1.807) is 0 Å². The molecule has 1 saturated carbocycles. The molecule has 3 heteroatoms. The molecule has 0 saturated heterocycles. The number of nitrogens with zero attached hydrogens (tertiary/aromatic N) is 1. The van der Waals surface area contributed by atoms with Crippen molar-refractivity contribution in [3.05, 3.63) is 29.6 Å². The van der Waals surface area contributed by atoms with Crippen LogP contribution in [0.3, 0.4) is 0 Å². The Labute approximate surface area is 90.5 Å². The van der Waals surface area contributed by atoms with Crippen LogP contribution in [0, 0.1) is 6.92 Å². The molecule has 0 spiro atoms. The lowest BCUT2D eigenvalue weighted by molar-refractivity contribution is 0.148. The zero-order valence-electron chi connectivity index (χ0n) is 9.11. The standard InChI is InChI=1S/C12H18N2O/c1-9-5-6-13-7-10(9)8-14-11-3-2-4-12(11)15/h5-7,11-12,14-15H,2-4,8H2,1H3. The number of hydrogen-bond acceptors (Lipinski definition) is 3. The van der Waals surface area contributed by atoms with Crippen LogP contribution < -0.4 is 5.32 Å². The number of pyridine rings is 1. The molecule has 0 radical (unpaired) electrons. The lowest BCUT2D eigenvalue weighted by Gasteiger charge is -2.16. The minimum Gasteiger partial charge on any atom is -0.392 e. The lowest BCUT2D eigenvalue weighted by Crippen LogP contribution is -2.35. The maximum atomic E-state index is 9.66. The molecule has 0 aliphatic heterocycles. The molecule has 1 aromatic rings. The number of aryl methyl sites for hydroxylation is 1. The SMILES string of the molecule is Cc1ccncc1CNC1CCCC1O.